The quantitative estimate of drug-likeness (QED) is 0.586. The number of rotatable bonds is 2. The van der Waals surface area contributed by atoms with E-state index in [1.165, 1.54) is 10.7 Å². The second-order valence-electron chi connectivity index (χ2n) is 2.71. The van der Waals surface area contributed by atoms with E-state index in [2.05, 4.69) is 15.3 Å². The molecule has 0 aliphatic rings. The second-order valence-corrected chi connectivity index (χ2v) is 3.72. The first-order valence-corrected chi connectivity index (χ1v) is 4.67. The molecule has 0 saturated carbocycles. The van der Waals surface area contributed by atoms with Crippen LogP contribution in [0.5, 0.6) is 0 Å². The van der Waals surface area contributed by atoms with Gasteiger partial charge >= 0.3 is 5.82 Å². The lowest BCUT2D eigenvalue weighted by atomic mass is 10.4. The first-order valence-electron chi connectivity index (χ1n) is 3.85. The molecule has 0 aromatic carbocycles. The summed E-state index contributed by atoms with van der Waals surface area (Å²) >= 11 is 1.15. The molecule has 0 radical (unpaired) electrons. The number of nitrogen functional groups attached to an aromatic ring is 1. The van der Waals surface area contributed by atoms with Gasteiger partial charge in [0.1, 0.15) is 5.69 Å². The highest BCUT2D eigenvalue weighted by molar-refractivity contribution is 7.18. The van der Waals surface area contributed by atoms with Crippen molar-refractivity contribution in [3.05, 3.63) is 16.2 Å². The lowest BCUT2D eigenvalue weighted by Gasteiger charge is -1.88. The van der Waals surface area contributed by atoms with Gasteiger partial charge in [-0.15, -0.1) is 10.2 Å². The molecule has 0 atom stereocenters. The molecule has 2 heterocycles. The average Bonchev–Trinajstić information content (AvgIpc) is 2.71. The van der Waals surface area contributed by atoms with Crippen molar-refractivity contribution in [1.29, 1.82) is 0 Å². The molecule has 0 amide bonds. The molecular weight excluding hydrogens is 220 g/mol. The minimum absolute atomic E-state index is 0.221. The Hall–Kier alpha value is -2.03. The molecule has 2 aromatic rings. The van der Waals surface area contributed by atoms with Gasteiger partial charge in [-0.05, 0) is 4.92 Å². The largest absolute Gasteiger partial charge is 0.390 e. The minimum Gasteiger partial charge on any atom is -0.374 e. The van der Waals surface area contributed by atoms with Crippen molar-refractivity contribution in [1.82, 2.24) is 20.0 Å². The number of nitro groups is 1. The average molecular weight is 226 g/mol. The fraction of sp³-hybridized carbons (Fsp3) is 0.167. The van der Waals surface area contributed by atoms with E-state index in [0.29, 0.717) is 15.8 Å². The fourth-order valence-corrected chi connectivity index (χ4v) is 1.74. The topological polar surface area (TPSA) is 113 Å². The Morgan fingerprint density at radius 1 is 1.60 bits per heavy atom. The van der Waals surface area contributed by atoms with Crippen molar-refractivity contribution in [3.8, 4) is 10.7 Å². The normalized spacial score (nSPS) is 10.5. The highest BCUT2D eigenvalue weighted by Crippen LogP contribution is 2.26. The van der Waals surface area contributed by atoms with E-state index in [0.717, 1.165) is 11.3 Å². The standard InChI is InChI=1S/C6H6N6O2S/c1-11-3(2-4(10-11)12(13)14)5-8-9-6(7)15-5/h2H,1H3,(H2,7,9). The number of aryl methyl sites for hydroxylation is 1. The number of nitrogens with two attached hydrogens (primary N) is 1. The summed E-state index contributed by atoms with van der Waals surface area (Å²) in [6, 6.07) is 1.33. The van der Waals surface area contributed by atoms with Gasteiger partial charge in [0.05, 0.1) is 18.2 Å². The van der Waals surface area contributed by atoms with Gasteiger partial charge in [0.15, 0.2) is 5.01 Å². The van der Waals surface area contributed by atoms with Gasteiger partial charge in [0.2, 0.25) is 5.13 Å². The number of nitrogens with zero attached hydrogens (tertiary/aromatic N) is 5. The Balaban J connectivity index is 2.49. The molecule has 2 N–H and O–H groups in total. The third-order valence-electron chi connectivity index (χ3n) is 1.71. The molecule has 2 aromatic heterocycles. The van der Waals surface area contributed by atoms with Crippen molar-refractivity contribution in [2.75, 3.05) is 5.73 Å². The lowest BCUT2D eigenvalue weighted by Crippen LogP contribution is -1.94. The van der Waals surface area contributed by atoms with E-state index < -0.39 is 4.92 Å². The van der Waals surface area contributed by atoms with Crippen LogP contribution >= 0.6 is 11.3 Å². The van der Waals surface area contributed by atoms with Crippen molar-refractivity contribution in [2.45, 2.75) is 0 Å². The highest BCUT2D eigenvalue weighted by atomic mass is 32.1. The van der Waals surface area contributed by atoms with Crippen molar-refractivity contribution in [2.24, 2.45) is 7.05 Å². The third-order valence-corrected chi connectivity index (χ3v) is 2.49. The highest BCUT2D eigenvalue weighted by Gasteiger charge is 2.19. The number of aromatic nitrogens is 4. The van der Waals surface area contributed by atoms with Gasteiger partial charge in [-0.25, -0.2) is 0 Å². The zero-order valence-corrected chi connectivity index (χ0v) is 8.43. The zero-order chi connectivity index (χ0) is 11.0. The summed E-state index contributed by atoms with van der Waals surface area (Å²) in [6.07, 6.45) is 0. The van der Waals surface area contributed by atoms with Crippen LogP contribution < -0.4 is 5.73 Å². The Morgan fingerprint density at radius 2 is 2.33 bits per heavy atom. The molecule has 0 aliphatic heterocycles. The predicted octanol–water partition coefficient (Wildman–Crippen LogP) is 0.429. The van der Waals surface area contributed by atoms with E-state index in [1.807, 2.05) is 0 Å². The summed E-state index contributed by atoms with van der Waals surface area (Å²) in [5, 5.41) is 22.4. The summed E-state index contributed by atoms with van der Waals surface area (Å²) in [6.45, 7) is 0. The van der Waals surface area contributed by atoms with E-state index in [-0.39, 0.29) is 5.82 Å². The van der Waals surface area contributed by atoms with Crippen molar-refractivity contribution < 1.29 is 4.92 Å². The number of hydrogen-bond acceptors (Lipinski definition) is 7. The van der Waals surface area contributed by atoms with Crippen LogP contribution in [0.2, 0.25) is 0 Å². The Morgan fingerprint density at radius 3 is 2.80 bits per heavy atom. The van der Waals surface area contributed by atoms with Crippen LogP contribution in [-0.2, 0) is 7.05 Å². The molecule has 15 heavy (non-hydrogen) atoms. The van der Waals surface area contributed by atoms with Crippen molar-refractivity contribution >= 4 is 22.3 Å². The first kappa shape index (κ1) is 9.52. The SMILES string of the molecule is Cn1nc([N+](=O)[O-])cc1-c1nnc(N)s1. The van der Waals surface area contributed by atoms with E-state index >= 15 is 0 Å². The molecule has 78 valence electrons. The molecule has 0 unspecified atom stereocenters. The zero-order valence-electron chi connectivity index (χ0n) is 7.62. The van der Waals surface area contributed by atoms with Crippen LogP contribution in [0.15, 0.2) is 6.07 Å². The summed E-state index contributed by atoms with van der Waals surface area (Å²) in [5.74, 6) is -0.221. The van der Waals surface area contributed by atoms with Gasteiger partial charge in [0.25, 0.3) is 0 Å². The summed E-state index contributed by atoms with van der Waals surface area (Å²) < 4.78 is 1.37. The first-order chi connectivity index (χ1) is 7.08. The van der Waals surface area contributed by atoms with Crippen LogP contribution in [0, 0.1) is 10.1 Å². The molecule has 0 spiro atoms. The Labute approximate surface area is 87.5 Å². The van der Waals surface area contributed by atoms with Crippen LogP contribution in [0.4, 0.5) is 10.9 Å². The van der Waals surface area contributed by atoms with E-state index in [9.17, 15) is 10.1 Å². The lowest BCUT2D eigenvalue weighted by molar-refractivity contribution is -0.389. The van der Waals surface area contributed by atoms with E-state index in [4.69, 9.17) is 5.73 Å². The molecule has 2 rings (SSSR count). The Kier molecular flexibility index (Phi) is 2.08. The van der Waals surface area contributed by atoms with Crippen LogP contribution in [0.3, 0.4) is 0 Å². The van der Waals surface area contributed by atoms with Crippen LogP contribution in [-0.4, -0.2) is 24.9 Å². The van der Waals surface area contributed by atoms with Crippen LogP contribution in [0.1, 0.15) is 0 Å². The second kappa shape index (κ2) is 3.28. The minimum atomic E-state index is -0.562. The van der Waals surface area contributed by atoms with Gasteiger partial charge < -0.3 is 15.8 Å². The van der Waals surface area contributed by atoms with Gasteiger partial charge in [-0.3, -0.25) is 0 Å². The molecule has 0 fully saturated rings. The number of hydrogen-bond donors (Lipinski definition) is 1. The number of anilines is 1. The molecular formula is C6H6N6O2S. The predicted molar refractivity (Wildman–Crippen MR) is 53.2 cm³/mol. The molecule has 0 bridgehead atoms. The van der Waals surface area contributed by atoms with Crippen LogP contribution in [0.25, 0.3) is 10.7 Å². The fourth-order valence-electron chi connectivity index (χ4n) is 1.08. The van der Waals surface area contributed by atoms with Gasteiger partial charge in [-0.1, -0.05) is 11.3 Å². The maximum Gasteiger partial charge on any atom is 0.390 e. The molecule has 8 nitrogen and oxygen atoms in total. The molecule has 9 heteroatoms. The van der Waals surface area contributed by atoms with Gasteiger partial charge in [-0.2, -0.15) is 4.68 Å². The maximum absolute atomic E-state index is 10.5. The monoisotopic (exact) mass is 226 g/mol. The van der Waals surface area contributed by atoms with Crippen molar-refractivity contribution in [3.63, 3.8) is 0 Å². The smallest absolute Gasteiger partial charge is 0.374 e. The third kappa shape index (κ3) is 1.64. The van der Waals surface area contributed by atoms with E-state index in [1.54, 1.807) is 7.05 Å². The summed E-state index contributed by atoms with van der Waals surface area (Å²) in [7, 11) is 1.60. The molecule has 0 aliphatic carbocycles. The maximum atomic E-state index is 10.5. The molecule has 0 saturated heterocycles. The summed E-state index contributed by atoms with van der Waals surface area (Å²) in [4.78, 5) is 9.91. The van der Waals surface area contributed by atoms with Gasteiger partial charge in [0, 0.05) is 0 Å². The summed E-state index contributed by atoms with van der Waals surface area (Å²) in [5.41, 5.74) is 5.94. The Bertz CT molecular complexity index is 517.